The molecule has 1 fully saturated rings. The molecular formula is C94H180N2O21P2. The van der Waals surface area contributed by atoms with Crippen LogP contribution in [0.25, 0.3) is 0 Å². The molecule has 0 aromatic rings. The van der Waals surface area contributed by atoms with Gasteiger partial charge in [-0.15, -0.1) is 0 Å². The molecule has 1 saturated heterocycles. The number of hydrogen-bond acceptors (Lipinski definition) is 18. The number of esters is 4. The minimum atomic E-state index is -5.61. The molecule has 1 rings (SSSR count). The fourth-order valence-electron chi connectivity index (χ4n) is 15.8. The third kappa shape index (κ3) is 67.0. The first kappa shape index (κ1) is 114. The molecule has 0 spiro atoms. The van der Waals surface area contributed by atoms with Gasteiger partial charge < -0.3 is 68.5 Å². The van der Waals surface area contributed by atoms with Crippen LogP contribution in [0.1, 0.15) is 472 Å². The van der Waals surface area contributed by atoms with Crippen molar-refractivity contribution in [1.29, 1.82) is 0 Å². The van der Waals surface area contributed by atoms with E-state index >= 15 is 4.79 Å². The van der Waals surface area contributed by atoms with Crippen molar-refractivity contribution in [3.63, 3.8) is 0 Å². The number of aliphatic hydroxyl groups excluding tert-OH is 2. The number of hydrogen-bond donors (Lipinski definition) is 7. The minimum Gasteiger partial charge on any atom is -0.462 e. The van der Waals surface area contributed by atoms with Gasteiger partial charge in [-0.25, -0.2) is 4.57 Å². The van der Waals surface area contributed by atoms with E-state index in [1.165, 1.54) is 141 Å². The lowest BCUT2D eigenvalue weighted by Crippen LogP contribution is -2.67. The second-order valence-electron chi connectivity index (χ2n) is 35.1. The van der Waals surface area contributed by atoms with Crippen LogP contribution >= 0.6 is 15.4 Å². The number of rotatable bonds is 87. The zero-order chi connectivity index (χ0) is 87.6. The number of amides is 2. The van der Waals surface area contributed by atoms with Crippen LogP contribution in [0.15, 0.2) is 0 Å². The van der Waals surface area contributed by atoms with Crippen LogP contribution in [0.3, 0.4) is 0 Å². The Morgan fingerprint density at radius 1 is 0.378 bits per heavy atom. The van der Waals surface area contributed by atoms with Crippen LogP contribution in [0.4, 0.5) is 0 Å². The van der Waals surface area contributed by atoms with Crippen molar-refractivity contribution in [2.45, 2.75) is 521 Å². The summed E-state index contributed by atoms with van der Waals surface area (Å²) >= 11 is 0. The van der Waals surface area contributed by atoms with E-state index in [9.17, 15) is 58.0 Å². The molecule has 2 amide bonds. The molecule has 0 aliphatic carbocycles. The Labute approximate surface area is 724 Å². The van der Waals surface area contributed by atoms with E-state index in [1.54, 1.807) is 0 Å². The van der Waals surface area contributed by atoms with Gasteiger partial charge in [-0.3, -0.25) is 37.9 Å². The minimum absolute atomic E-state index is 0.116. The molecule has 7 N–H and O–H groups in total. The summed E-state index contributed by atoms with van der Waals surface area (Å²) in [5.74, 6) is -3.79. The van der Waals surface area contributed by atoms with Crippen molar-refractivity contribution in [3.8, 4) is 0 Å². The number of phosphoric ester groups is 1. The molecule has 0 saturated carbocycles. The third-order valence-corrected chi connectivity index (χ3v) is 24.4. The zero-order valence-corrected chi connectivity index (χ0v) is 78.5. The van der Waals surface area contributed by atoms with Gasteiger partial charge in [0.25, 0.3) is 0 Å². The summed E-state index contributed by atoms with van der Waals surface area (Å²) in [6.07, 6.45) is 50.9. The first-order valence-corrected chi connectivity index (χ1v) is 52.6. The van der Waals surface area contributed by atoms with Crippen LogP contribution in [0, 0.1) is 5.41 Å². The van der Waals surface area contributed by atoms with Crippen molar-refractivity contribution in [1.82, 2.24) is 10.6 Å². The van der Waals surface area contributed by atoms with E-state index in [4.69, 9.17) is 37.5 Å². The maximum absolute atomic E-state index is 15.1. The number of carbonyl (C=O) groups is 6. The predicted molar refractivity (Wildman–Crippen MR) is 478 cm³/mol. The van der Waals surface area contributed by atoms with E-state index in [-0.39, 0.29) is 32.1 Å². The fraction of sp³-hybridized carbons (Fsp3) is 0.936. The van der Waals surface area contributed by atoms with Crippen LogP contribution in [-0.2, 0) is 75.4 Å². The van der Waals surface area contributed by atoms with Gasteiger partial charge in [0, 0.05) is 32.5 Å². The third-order valence-electron chi connectivity index (χ3n) is 23.3. The van der Waals surface area contributed by atoms with Gasteiger partial charge in [0.1, 0.15) is 36.6 Å². The second-order valence-corrected chi connectivity index (χ2v) is 38.2. The first-order valence-electron chi connectivity index (χ1n) is 49.0. The number of ether oxygens (including phenoxy) is 6. The maximum Gasteiger partial charge on any atom is 0.470 e. The monoisotopic (exact) mass is 1740 g/mol. The highest BCUT2D eigenvalue weighted by atomic mass is 31.2. The fourth-order valence-corrected chi connectivity index (χ4v) is 16.9. The molecule has 0 radical (unpaired) electrons. The Morgan fingerprint density at radius 3 is 0.966 bits per heavy atom. The SMILES string of the molecule is CCCCCCCCCCCCCC(=O)O[C@H](CCCCCCCCCCC)CC(=O)NCC(CO)(CO[C@H]1OC(CO)[C@@H](OP(=O)(O)O)C(OC(=O)C[C@@H](CCCCCCCCCCC)OC(=O)CCCCCCCCCCC)[C@@H]1NC(=O)C[C@@H](CCCCCCCCCCC)OC(=O)CCCCCCCCCCCCC)COP(C)(=O)O. The summed E-state index contributed by atoms with van der Waals surface area (Å²) in [5, 5.41) is 28.4. The summed E-state index contributed by atoms with van der Waals surface area (Å²) in [7, 11) is -9.97. The predicted octanol–water partition coefficient (Wildman–Crippen LogP) is 23.5. The molecule has 1 aliphatic rings. The number of unbranched alkanes of at least 4 members (excludes halogenated alkanes) is 52. The highest BCUT2D eigenvalue weighted by molar-refractivity contribution is 7.51. The van der Waals surface area contributed by atoms with Gasteiger partial charge in [0.2, 0.25) is 11.8 Å². The van der Waals surface area contributed by atoms with Crippen molar-refractivity contribution in [2.24, 2.45) is 5.41 Å². The zero-order valence-electron chi connectivity index (χ0n) is 76.7. The lowest BCUT2D eigenvalue weighted by molar-refractivity contribution is -0.278. The molecule has 702 valence electrons. The Kier molecular flexibility index (Phi) is 74.0. The molecule has 0 bridgehead atoms. The van der Waals surface area contributed by atoms with Gasteiger partial charge in [0.05, 0.1) is 51.1 Å². The normalized spacial score (nSPS) is 17.4. The van der Waals surface area contributed by atoms with Gasteiger partial charge >= 0.3 is 39.3 Å². The Hall–Kier alpha value is -3.08. The lowest BCUT2D eigenvalue weighted by Gasteiger charge is -2.46. The van der Waals surface area contributed by atoms with E-state index in [0.29, 0.717) is 51.4 Å². The molecular weight excluding hydrogens is 1550 g/mol. The molecule has 119 heavy (non-hydrogen) atoms. The summed E-state index contributed by atoms with van der Waals surface area (Å²) in [4.78, 5) is 118. The Bertz CT molecular complexity index is 2540. The van der Waals surface area contributed by atoms with E-state index in [2.05, 4.69) is 52.2 Å². The summed E-state index contributed by atoms with van der Waals surface area (Å²) in [5.41, 5.74) is -1.83. The second kappa shape index (κ2) is 77.3. The highest BCUT2D eigenvalue weighted by Gasteiger charge is 2.53. The summed E-state index contributed by atoms with van der Waals surface area (Å²) in [6, 6.07) is -1.81. The smallest absolute Gasteiger partial charge is 0.462 e. The highest BCUT2D eigenvalue weighted by Crippen LogP contribution is 2.44. The average Bonchev–Trinajstić information content (AvgIpc) is 0.777. The topological polar surface area (TPSA) is 336 Å². The number of nitrogens with one attached hydrogen (secondary N) is 2. The van der Waals surface area contributed by atoms with Crippen LogP contribution < -0.4 is 10.6 Å². The molecule has 1 aliphatic heterocycles. The molecule has 1 heterocycles. The lowest BCUT2D eigenvalue weighted by atomic mass is 9.90. The van der Waals surface area contributed by atoms with Gasteiger partial charge in [0.15, 0.2) is 12.4 Å². The van der Waals surface area contributed by atoms with Crippen molar-refractivity contribution in [2.75, 3.05) is 39.6 Å². The number of carbonyl (C=O) groups excluding carboxylic acids is 6. The average molecular weight is 1740 g/mol. The van der Waals surface area contributed by atoms with Crippen molar-refractivity contribution in [3.05, 3.63) is 0 Å². The van der Waals surface area contributed by atoms with E-state index in [0.717, 1.165) is 199 Å². The quantitative estimate of drug-likeness (QED) is 0.0129. The molecule has 4 unspecified atom stereocenters. The summed E-state index contributed by atoms with van der Waals surface area (Å²) in [6.45, 7) is 10.2. The Balaban J connectivity index is 4.00. The van der Waals surface area contributed by atoms with Crippen molar-refractivity contribution >= 4 is 51.1 Å². The van der Waals surface area contributed by atoms with Gasteiger partial charge in [-0.1, -0.05) is 375 Å². The summed E-state index contributed by atoms with van der Waals surface area (Å²) < 4.78 is 74.8. The van der Waals surface area contributed by atoms with Gasteiger partial charge in [-0.05, 0) is 57.8 Å². The van der Waals surface area contributed by atoms with Crippen LogP contribution in [-0.4, -0.2) is 149 Å². The number of phosphoric acid groups is 1. The molecule has 0 aromatic heterocycles. The number of aliphatic hydroxyl groups is 2. The van der Waals surface area contributed by atoms with Gasteiger partial charge in [-0.2, -0.15) is 0 Å². The Morgan fingerprint density at radius 2 is 0.672 bits per heavy atom. The molecule has 23 nitrogen and oxygen atoms in total. The molecule has 25 heteroatoms. The largest absolute Gasteiger partial charge is 0.470 e. The maximum atomic E-state index is 15.1. The first-order chi connectivity index (χ1) is 57.5. The van der Waals surface area contributed by atoms with E-state index < -0.39 is 151 Å². The van der Waals surface area contributed by atoms with Crippen LogP contribution in [0.5, 0.6) is 0 Å². The molecule has 0 aromatic carbocycles. The molecule has 10 atom stereocenters. The van der Waals surface area contributed by atoms with E-state index in [1.807, 2.05) is 0 Å². The van der Waals surface area contributed by atoms with Crippen molar-refractivity contribution < 1.29 is 100 Å². The van der Waals surface area contributed by atoms with Crippen LogP contribution in [0.2, 0.25) is 0 Å². The standard InChI is InChI=1S/C94H180N2O21P2/c1-8-14-20-26-32-38-40-46-52-58-63-69-86(101)112-80(66-60-54-48-42-34-28-22-16-10-3)72-84(99)95-76-94(77-98,79-111-118(7,105)106)78-110-93-90(96-85(100)73-81(67-61-55-49-43-35-29-23-17-11-4)113-87(102)70-64-59-53-47-41-39-33-27-21-15-9-2)92(91(83(75-97)115-93)117-119(107,108)109)116-89(104)74-82(68-62-56-50-44-36-30-24-18-12-5)114-88(103)71-65-57-51-45-37-31-25-19-13-6/h80-83,90-93,97-98H,8-79H2,1-7H3,(H,95,99)(H,96,100)(H,105,106)(H2,107,108,109)/t80-,81-,82-,83?,90+,91-,92?,93+,94?/m1/s1.